The maximum atomic E-state index is 11.4. The zero-order chi connectivity index (χ0) is 18.9. The number of aliphatic hydroxyl groups excluding tert-OH is 1. The van der Waals surface area contributed by atoms with Gasteiger partial charge < -0.3 is 24.1 Å². The Morgan fingerprint density at radius 1 is 0.962 bits per heavy atom. The van der Waals surface area contributed by atoms with Gasteiger partial charge in [-0.15, -0.1) is 0 Å². The third kappa shape index (κ3) is 5.26. The highest BCUT2D eigenvalue weighted by molar-refractivity contribution is 5.89. The van der Waals surface area contributed by atoms with Gasteiger partial charge in [-0.3, -0.25) is 0 Å². The highest BCUT2D eigenvalue weighted by Gasteiger charge is 2.06. The van der Waals surface area contributed by atoms with Crippen molar-refractivity contribution in [3.8, 4) is 17.2 Å². The molecular weight excluding hydrogens is 336 g/mol. The topological polar surface area (TPSA) is 74.2 Å². The summed E-state index contributed by atoms with van der Waals surface area (Å²) in [5, 5.41) is 9.58. The molecule has 0 heterocycles. The van der Waals surface area contributed by atoms with Crippen molar-refractivity contribution in [2.24, 2.45) is 0 Å². The van der Waals surface area contributed by atoms with E-state index in [9.17, 15) is 9.90 Å². The van der Waals surface area contributed by atoms with Crippen molar-refractivity contribution < 1.29 is 28.8 Å². The summed E-state index contributed by atoms with van der Waals surface area (Å²) in [5.74, 6) is 1.42. The van der Waals surface area contributed by atoms with Gasteiger partial charge in [-0.25, -0.2) is 4.79 Å². The van der Waals surface area contributed by atoms with Gasteiger partial charge >= 0.3 is 5.97 Å². The van der Waals surface area contributed by atoms with Gasteiger partial charge in [0.05, 0.1) is 33.5 Å². The summed E-state index contributed by atoms with van der Waals surface area (Å²) in [6, 6.07) is 12.1. The van der Waals surface area contributed by atoms with E-state index in [0.29, 0.717) is 28.4 Å². The molecule has 0 atom stereocenters. The van der Waals surface area contributed by atoms with Crippen molar-refractivity contribution in [2.75, 3.05) is 34.5 Å². The van der Waals surface area contributed by atoms with Crippen LogP contribution < -0.4 is 14.2 Å². The lowest BCUT2D eigenvalue weighted by Crippen LogP contribution is -2.05. The van der Waals surface area contributed by atoms with Crippen LogP contribution in [0.3, 0.4) is 0 Å². The van der Waals surface area contributed by atoms with Gasteiger partial charge in [0.1, 0.15) is 23.9 Å². The molecule has 0 bridgehead atoms. The molecule has 0 saturated carbocycles. The second-order valence-electron chi connectivity index (χ2n) is 5.41. The summed E-state index contributed by atoms with van der Waals surface area (Å²) in [4.78, 5) is 11.4. The maximum absolute atomic E-state index is 11.4. The third-order valence-corrected chi connectivity index (χ3v) is 3.65. The normalized spacial score (nSPS) is 11.0. The van der Waals surface area contributed by atoms with Gasteiger partial charge in [0.15, 0.2) is 0 Å². The number of carbonyl (C=O) groups is 1. The first kappa shape index (κ1) is 19.3. The van der Waals surface area contributed by atoms with Crippen LogP contribution in [-0.4, -0.2) is 45.6 Å². The molecule has 0 saturated heterocycles. The minimum absolute atomic E-state index is 0.153. The number of ether oxygens (including phenoxy) is 4. The maximum Gasteiger partial charge on any atom is 0.337 e. The van der Waals surface area contributed by atoms with Crippen molar-refractivity contribution in [1.29, 1.82) is 0 Å². The second kappa shape index (κ2) is 9.48. The standard InChI is InChI=1S/C20H22O6/c1-23-17-9-18(24-2)11-19(10-17)26-13-15(12-21)8-14-4-6-16(7-5-14)20(22)25-3/h4-11,21H,12-13H2,1-3H3/b15-8+. The Morgan fingerprint density at radius 2 is 1.54 bits per heavy atom. The van der Waals surface area contributed by atoms with E-state index in [1.807, 2.05) is 0 Å². The van der Waals surface area contributed by atoms with E-state index in [1.165, 1.54) is 7.11 Å². The molecule has 0 amide bonds. The number of esters is 1. The third-order valence-electron chi connectivity index (χ3n) is 3.65. The average molecular weight is 358 g/mol. The lowest BCUT2D eigenvalue weighted by molar-refractivity contribution is 0.0600. The van der Waals surface area contributed by atoms with E-state index < -0.39 is 5.97 Å². The van der Waals surface area contributed by atoms with Gasteiger partial charge in [-0.2, -0.15) is 0 Å². The van der Waals surface area contributed by atoms with Crippen LogP contribution in [-0.2, 0) is 4.74 Å². The molecule has 0 aliphatic carbocycles. The summed E-state index contributed by atoms with van der Waals surface area (Å²) < 4.78 is 20.8. The summed E-state index contributed by atoms with van der Waals surface area (Å²) >= 11 is 0. The number of hydrogen-bond donors (Lipinski definition) is 1. The Balaban J connectivity index is 2.09. The first-order chi connectivity index (χ1) is 12.6. The molecule has 2 aromatic rings. The van der Waals surface area contributed by atoms with Crippen LogP contribution in [0.1, 0.15) is 15.9 Å². The molecule has 0 aromatic heterocycles. The molecule has 6 nitrogen and oxygen atoms in total. The zero-order valence-corrected chi connectivity index (χ0v) is 15.0. The molecule has 0 radical (unpaired) electrons. The Kier molecular flexibility index (Phi) is 7.05. The van der Waals surface area contributed by atoms with Crippen LogP contribution in [0.25, 0.3) is 6.08 Å². The number of carbonyl (C=O) groups excluding carboxylic acids is 1. The zero-order valence-electron chi connectivity index (χ0n) is 15.0. The van der Waals surface area contributed by atoms with Crippen molar-refractivity contribution >= 4 is 12.0 Å². The quantitative estimate of drug-likeness (QED) is 0.732. The van der Waals surface area contributed by atoms with E-state index in [-0.39, 0.29) is 13.2 Å². The molecule has 0 unspecified atom stereocenters. The average Bonchev–Trinajstić information content (AvgIpc) is 2.70. The van der Waals surface area contributed by atoms with Gasteiger partial charge in [-0.1, -0.05) is 18.2 Å². The van der Waals surface area contributed by atoms with Crippen LogP contribution >= 0.6 is 0 Å². The van der Waals surface area contributed by atoms with E-state index in [4.69, 9.17) is 14.2 Å². The molecule has 0 fully saturated rings. The van der Waals surface area contributed by atoms with Gasteiger partial charge in [0.25, 0.3) is 0 Å². The largest absolute Gasteiger partial charge is 0.496 e. The highest BCUT2D eigenvalue weighted by Crippen LogP contribution is 2.27. The number of methoxy groups -OCH3 is 3. The molecular formula is C20H22O6. The fourth-order valence-electron chi connectivity index (χ4n) is 2.24. The molecule has 0 aliphatic heterocycles. The van der Waals surface area contributed by atoms with Crippen LogP contribution in [0, 0.1) is 0 Å². The summed E-state index contributed by atoms with van der Waals surface area (Å²) in [7, 11) is 4.47. The Morgan fingerprint density at radius 3 is 2.04 bits per heavy atom. The number of benzene rings is 2. The van der Waals surface area contributed by atoms with Crippen LogP contribution in [0.2, 0.25) is 0 Å². The molecule has 6 heteroatoms. The molecule has 0 aliphatic rings. The van der Waals surface area contributed by atoms with Gasteiger partial charge in [-0.05, 0) is 23.3 Å². The predicted octanol–water partition coefficient (Wildman–Crippen LogP) is 2.95. The van der Waals surface area contributed by atoms with E-state index in [1.54, 1.807) is 62.8 Å². The molecule has 2 rings (SSSR count). The molecule has 138 valence electrons. The summed E-state index contributed by atoms with van der Waals surface area (Å²) in [6.45, 7) is 0.0471. The lowest BCUT2D eigenvalue weighted by atomic mass is 10.1. The fraction of sp³-hybridized carbons (Fsp3) is 0.250. The number of rotatable bonds is 8. The fourth-order valence-corrected chi connectivity index (χ4v) is 2.24. The Bertz CT molecular complexity index is 742. The number of aliphatic hydroxyl groups is 1. The van der Waals surface area contributed by atoms with E-state index in [0.717, 1.165) is 5.56 Å². The van der Waals surface area contributed by atoms with Crippen molar-refractivity contribution in [2.45, 2.75) is 0 Å². The van der Waals surface area contributed by atoms with Crippen LogP contribution in [0.4, 0.5) is 0 Å². The summed E-state index contributed by atoms with van der Waals surface area (Å²) in [5.41, 5.74) is 1.99. The first-order valence-corrected chi connectivity index (χ1v) is 7.94. The first-order valence-electron chi connectivity index (χ1n) is 7.94. The summed E-state index contributed by atoms with van der Waals surface area (Å²) in [6.07, 6.45) is 1.80. The van der Waals surface area contributed by atoms with Crippen molar-refractivity contribution in [1.82, 2.24) is 0 Å². The van der Waals surface area contributed by atoms with Gasteiger partial charge in [0, 0.05) is 18.2 Å². The monoisotopic (exact) mass is 358 g/mol. The smallest absolute Gasteiger partial charge is 0.337 e. The minimum Gasteiger partial charge on any atom is -0.496 e. The van der Waals surface area contributed by atoms with E-state index >= 15 is 0 Å². The molecule has 26 heavy (non-hydrogen) atoms. The Hall–Kier alpha value is -2.99. The van der Waals surface area contributed by atoms with Crippen molar-refractivity contribution in [3.63, 3.8) is 0 Å². The minimum atomic E-state index is -0.391. The van der Waals surface area contributed by atoms with Crippen LogP contribution in [0.15, 0.2) is 48.0 Å². The van der Waals surface area contributed by atoms with Crippen LogP contribution in [0.5, 0.6) is 17.2 Å². The van der Waals surface area contributed by atoms with E-state index in [2.05, 4.69) is 4.74 Å². The molecule has 0 spiro atoms. The number of hydrogen-bond acceptors (Lipinski definition) is 6. The van der Waals surface area contributed by atoms with Crippen molar-refractivity contribution in [3.05, 3.63) is 59.2 Å². The second-order valence-corrected chi connectivity index (χ2v) is 5.41. The lowest BCUT2D eigenvalue weighted by Gasteiger charge is -2.11. The Labute approximate surface area is 152 Å². The predicted molar refractivity (Wildman–Crippen MR) is 97.9 cm³/mol. The highest BCUT2D eigenvalue weighted by atomic mass is 16.5. The SMILES string of the molecule is COC(=O)c1ccc(/C=C(\CO)COc2cc(OC)cc(OC)c2)cc1. The molecule has 1 N–H and O–H groups in total. The molecule has 2 aromatic carbocycles. The van der Waals surface area contributed by atoms with Gasteiger partial charge in [0.2, 0.25) is 0 Å².